The summed E-state index contributed by atoms with van der Waals surface area (Å²) >= 11 is 0. The van der Waals surface area contributed by atoms with Crippen LogP contribution in [0.2, 0.25) is 0 Å². The summed E-state index contributed by atoms with van der Waals surface area (Å²) in [7, 11) is 0. The number of piperazine rings is 1. The van der Waals surface area contributed by atoms with E-state index < -0.39 is 12.7 Å². The van der Waals surface area contributed by atoms with Crippen LogP contribution in [0.3, 0.4) is 0 Å². The first-order chi connectivity index (χ1) is 10.4. The maximum absolute atomic E-state index is 12.4. The zero-order valence-electron chi connectivity index (χ0n) is 12.0. The Balaban J connectivity index is 1.74. The van der Waals surface area contributed by atoms with Gasteiger partial charge in [-0.1, -0.05) is 18.2 Å². The average Bonchev–Trinajstić information content (AvgIpc) is 2.46. The average molecular weight is 310 g/mol. The quantitative estimate of drug-likeness (QED) is 0.926. The molecule has 0 unspecified atom stereocenters. The maximum Gasteiger partial charge on any atom is 0.401 e. The van der Waals surface area contributed by atoms with Gasteiger partial charge in [0.05, 0.1) is 12.1 Å². The second-order valence-corrected chi connectivity index (χ2v) is 5.47. The highest BCUT2D eigenvalue weighted by Gasteiger charge is 2.32. The molecule has 0 aliphatic carbocycles. The molecule has 1 aliphatic heterocycles. The van der Waals surface area contributed by atoms with Crippen LogP contribution in [0.5, 0.6) is 0 Å². The minimum Gasteiger partial charge on any atom is -0.398 e. The van der Waals surface area contributed by atoms with Crippen LogP contribution in [-0.2, 0) is 0 Å². The molecule has 2 N–H and O–H groups in total. The number of rotatable bonds is 2. The number of benzene rings is 1. The summed E-state index contributed by atoms with van der Waals surface area (Å²) < 4.78 is 37.2. The number of alkyl halides is 3. The van der Waals surface area contributed by atoms with Crippen LogP contribution in [0.4, 0.5) is 24.7 Å². The Kier molecular flexibility index (Phi) is 3.82. The molecule has 22 heavy (non-hydrogen) atoms. The minimum atomic E-state index is -4.15. The van der Waals surface area contributed by atoms with Crippen molar-refractivity contribution in [2.24, 2.45) is 0 Å². The Morgan fingerprint density at radius 2 is 1.77 bits per heavy atom. The molecule has 1 aromatic carbocycles. The lowest BCUT2D eigenvalue weighted by Gasteiger charge is -2.35. The molecule has 0 saturated carbocycles. The van der Waals surface area contributed by atoms with E-state index in [1.807, 2.05) is 29.2 Å². The van der Waals surface area contributed by atoms with Crippen molar-refractivity contribution < 1.29 is 13.2 Å². The molecule has 2 aromatic rings. The molecule has 1 fully saturated rings. The minimum absolute atomic E-state index is 0.369. The van der Waals surface area contributed by atoms with E-state index in [4.69, 9.17) is 5.73 Å². The highest BCUT2D eigenvalue weighted by Crippen LogP contribution is 2.26. The highest BCUT2D eigenvalue weighted by atomic mass is 19.4. The molecule has 0 bridgehead atoms. The number of aromatic nitrogens is 1. The number of pyridine rings is 1. The Hall–Kier alpha value is -2.02. The van der Waals surface area contributed by atoms with E-state index >= 15 is 0 Å². The molecule has 0 radical (unpaired) electrons. The van der Waals surface area contributed by atoms with E-state index in [2.05, 4.69) is 4.98 Å². The van der Waals surface area contributed by atoms with Crippen LogP contribution in [0.15, 0.2) is 30.3 Å². The van der Waals surface area contributed by atoms with Gasteiger partial charge in [0.15, 0.2) is 0 Å². The lowest BCUT2D eigenvalue weighted by atomic mass is 10.2. The predicted molar refractivity (Wildman–Crippen MR) is 80.9 cm³/mol. The van der Waals surface area contributed by atoms with Gasteiger partial charge < -0.3 is 10.6 Å². The van der Waals surface area contributed by atoms with E-state index in [0.717, 1.165) is 16.7 Å². The summed E-state index contributed by atoms with van der Waals surface area (Å²) in [5.41, 5.74) is 7.49. The van der Waals surface area contributed by atoms with Gasteiger partial charge in [-0.3, -0.25) is 4.90 Å². The van der Waals surface area contributed by atoms with E-state index in [0.29, 0.717) is 31.9 Å². The van der Waals surface area contributed by atoms with E-state index in [9.17, 15) is 13.2 Å². The molecule has 7 heteroatoms. The van der Waals surface area contributed by atoms with Crippen molar-refractivity contribution in [2.45, 2.75) is 6.18 Å². The summed E-state index contributed by atoms with van der Waals surface area (Å²) in [6.07, 6.45) is -4.15. The predicted octanol–water partition coefficient (Wildman–Crippen LogP) is 2.50. The fourth-order valence-corrected chi connectivity index (χ4v) is 2.74. The number of halogens is 3. The van der Waals surface area contributed by atoms with Crippen molar-refractivity contribution in [1.82, 2.24) is 9.88 Å². The van der Waals surface area contributed by atoms with Crippen molar-refractivity contribution >= 4 is 22.4 Å². The van der Waals surface area contributed by atoms with Crippen LogP contribution < -0.4 is 10.6 Å². The van der Waals surface area contributed by atoms with Crippen LogP contribution >= 0.6 is 0 Å². The van der Waals surface area contributed by atoms with Crippen LogP contribution in [0, 0.1) is 0 Å². The first-order valence-electron chi connectivity index (χ1n) is 7.12. The number of nitrogens with zero attached hydrogens (tertiary/aromatic N) is 3. The second-order valence-electron chi connectivity index (χ2n) is 5.47. The van der Waals surface area contributed by atoms with E-state index in [1.54, 1.807) is 6.07 Å². The van der Waals surface area contributed by atoms with Gasteiger partial charge in [-0.15, -0.1) is 0 Å². The molecule has 1 saturated heterocycles. The van der Waals surface area contributed by atoms with Crippen LogP contribution in [0.1, 0.15) is 0 Å². The maximum atomic E-state index is 12.4. The van der Waals surface area contributed by atoms with E-state index in [-0.39, 0.29) is 0 Å². The molecule has 1 aromatic heterocycles. The molecule has 118 valence electrons. The lowest BCUT2D eigenvalue weighted by Crippen LogP contribution is -2.49. The largest absolute Gasteiger partial charge is 0.401 e. The van der Waals surface area contributed by atoms with E-state index in [1.165, 1.54) is 4.90 Å². The monoisotopic (exact) mass is 310 g/mol. The first kappa shape index (κ1) is 14.9. The first-order valence-corrected chi connectivity index (χ1v) is 7.12. The molecular weight excluding hydrogens is 293 g/mol. The van der Waals surface area contributed by atoms with Crippen molar-refractivity contribution in [3.8, 4) is 0 Å². The molecule has 3 rings (SSSR count). The second kappa shape index (κ2) is 5.64. The molecule has 1 aliphatic rings. The van der Waals surface area contributed by atoms with Gasteiger partial charge in [0.25, 0.3) is 0 Å². The number of hydrogen-bond donors (Lipinski definition) is 1. The normalized spacial score (nSPS) is 17.1. The summed E-state index contributed by atoms with van der Waals surface area (Å²) in [6, 6.07) is 9.37. The van der Waals surface area contributed by atoms with Gasteiger partial charge in [0.1, 0.15) is 5.82 Å². The zero-order chi connectivity index (χ0) is 15.7. The number of nitrogens with two attached hydrogens (primary N) is 1. The van der Waals surface area contributed by atoms with Crippen molar-refractivity contribution in [2.75, 3.05) is 43.4 Å². The third-order valence-electron chi connectivity index (χ3n) is 3.83. The van der Waals surface area contributed by atoms with Crippen LogP contribution in [-0.4, -0.2) is 48.8 Å². The van der Waals surface area contributed by atoms with Gasteiger partial charge in [-0.05, 0) is 6.07 Å². The standard InChI is InChI=1S/C15H17F3N4/c16-15(17,18)10-21-5-7-22(8-6-21)14-9-12(19)11-3-1-2-4-13(11)20-14/h1-4,9H,5-8,10H2,(H2,19,20). The fraction of sp³-hybridized carbons (Fsp3) is 0.400. The Morgan fingerprint density at radius 1 is 1.09 bits per heavy atom. The number of para-hydroxylation sites is 1. The van der Waals surface area contributed by atoms with Gasteiger partial charge in [0.2, 0.25) is 0 Å². The van der Waals surface area contributed by atoms with Gasteiger partial charge in [-0.2, -0.15) is 13.2 Å². The lowest BCUT2D eigenvalue weighted by molar-refractivity contribution is -0.146. The molecule has 0 atom stereocenters. The molecule has 4 nitrogen and oxygen atoms in total. The number of fused-ring (bicyclic) bond motifs is 1. The summed E-state index contributed by atoms with van der Waals surface area (Å²) in [5, 5.41) is 0.891. The van der Waals surface area contributed by atoms with Crippen molar-refractivity contribution in [3.05, 3.63) is 30.3 Å². The van der Waals surface area contributed by atoms with Crippen LogP contribution in [0.25, 0.3) is 10.9 Å². The number of hydrogen-bond acceptors (Lipinski definition) is 4. The smallest absolute Gasteiger partial charge is 0.398 e. The molecule has 0 spiro atoms. The third-order valence-corrected chi connectivity index (χ3v) is 3.83. The Labute approximate surface area is 126 Å². The number of nitrogen functional groups attached to an aromatic ring is 1. The topological polar surface area (TPSA) is 45.4 Å². The highest BCUT2D eigenvalue weighted by molar-refractivity contribution is 5.91. The Morgan fingerprint density at radius 3 is 2.45 bits per heavy atom. The molecular formula is C15H17F3N4. The fourth-order valence-electron chi connectivity index (χ4n) is 2.74. The summed E-state index contributed by atoms with van der Waals surface area (Å²) in [5.74, 6) is 0.725. The zero-order valence-corrected chi connectivity index (χ0v) is 12.0. The molecule has 0 amide bonds. The van der Waals surface area contributed by atoms with Gasteiger partial charge in [0, 0.05) is 43.3 Å². The van der Waals surface area contributed by atoms with Gasteiger partial charge >= 0.3 is 6.18 Å². The van der Waals surface area contributed by atoms with Crippen molar-refractivity contribution in [1.29, 1.82) is 0 Å². The summed E-state index contributed by atoms with van der Waals surface area (Å²) in [4.78, 5) is 7.96. The van der Waals surface area contributed by atoms with Gasteiger partial charge in [-0.25, -0.2) is 4.98 Å². The van der Waals surface area contributed by atoms with Crippen molar-refractivity contribution in [3.63, 3.8) is 0 Å². The summed E-state index contributed by atoms with van der Waals surface area (Å²) in [6.45, 7) is 0.914. The molecule has 2 heterocycles. The Bertz CT molecular complexity index is 663. The third kappa shape index (κ3) is 3.24. The SMILES string of the molecule is Nc1cc(N2CCN(CC(F)(F)F)CC2)nc2ccccc12. The number of anilines is 2.